The van der Waals surface area contributed by atoms with E-state index in [1.807, 2.05) is 0 Å². The fraction of sp³-hybridized carbons (Fsp3) is 0.700. The van der Waals surface area contributed by atoms with Crippen LogP contribution in [0.1, 0.15) is 18.7 Å². The van der Waals surface area contributed by atoms with Gasteiger partial charge in [0.1, 0.15) is 12.2 Å². The van der Waals surface area contributed by atoms with Crippen LogP contribution in [0.15, 0.2) is 6.33 Å². The highest BCUT2D eigenvalue weighted by molar-refractivity contribution is 7.91. The van der Waals surface area contributed by atoms with Crippen LogP contribution in [0.4, 0.5) is 0 Å². The summed E-state index contributed by atoms with van der Waals surface area (Å²) in [5.41, 5.74) is 0. The van der Waals surface area contributed by atoms with Crippen LogP contribution in [0.5, 0.6) is 0 Å². The second-order valence-electron chi connectivity index (χ2n) is 4.51. The Morgan fingerprint density at radius 1 is 1.56 bits per heavy atom. The molecule has 100 valence electrons. The number of rotatable bonds is 5. The SMILES string of the molecule is O=C(CC1CCS(=O)(=O)C1)NCCc1ncn[nH]1. The molecular weight excluding hydrogens is 256 g/mol. The van der Waals surface area contributed by atoms with Gasteiger partial charge in [-0.2, -0.15) is 5.10 Å². The Bertz CT molecular complexity index is 497. The van der Waals surface area contributed by atoms with Crippen molar-refractivity contribution in [3.8, 4) is 0 Å². The van der Waals surface area contributed by atoms with E-state index in [-0.39, 0.29) is 29.8 Å². The molecule has 0 aliphatic carbocycles. The molecule has 2 rings (SSSR count). The molecule has 0 saturated carbocycles. The lowest BCUT2D eigenvalue weighted by Crippen LogP contribution is -2.28. The highest BCUT2D eigenvalue weighted by atomic mass is 32.2. The van der Waals surface area contributed by atoms with Crippen molar-refractivity contribution in [1.29, 1.82) is 0 Å². The van der Waals surface area contributed by atoms with Crippen molar-refractivity contribution in [2.24, 2.45) is 5.92 Å². The molecule has 1 aliphatic rings. The molecule has 0 radical (unpaired) electrons. The van der Waals surface area contributed by atoms with Gasteiger partial charge in [-0.1, -0.05) is 0 Å². The maximum atomic E-state index is 11.6. The minimum atomic E-state index is -2.90. The fourth-order valence-electron chi connectivity index (χ4n) is 2.04. The second-order valence-corrected chi connectivity index (χ2v) is 6.73. The molecule has 0 bridgehead atoms. The second kappa shape index (κ2) is 5.47. The number of amides is 1. The van der Waals surface area contributed by atoms with Crippen molar-refractivity contribution < 1.29 is 13.2 Å². The van der Waals surface area contributed by atoms with Crippen LogP contribution < -0.4 is 5.32 Å². The first-order valence-electron chi connectivity index (χ1n) is 5.86. The van der Waals surface area contributed by atoms with Crippen molar-refractivity contribution in [2.75, 3.05) is 18.1 Å². The lowest BCUT2D eigenvalue weighted by molar-refractivity contribution is -0.121. The third-order valence-corrected chi connectivity index (χ3v) is 4.79. The third-order valence-electron chi connectivity index (χ3n) is 2.95. The van der Waals surface area contributed by atoms with Crippen LogP contribution in [-0.4, -0.2) is 47.6 Å². The summed E-state index contributed by atoms with van der Waals surface area (Å²) in [6.07, 6.45) is 2.89. The standard InChI is InChI=1S/C10H16N4O3S/c15-10(5-8-2-4-18(16,17)6-8)11-3-1-9-12-7-13-14-9/h7-8H,1-6H2,(H,11,15)(H,12,13,14). The molecule has 1 saturated heterocycles. The maximum absolute atomic E-state index is 11.6. The number of sulfone groups is 1. The maximum Gasteiger partial charge on any atom is 0.220 e. The van der Waals surface area contributed by atoms with E-state index in [0.29, 0.717) is 19.4 Å². The number of hydrogen-bond acceptors (Lipinski definition) is 5. The minimum absolute atomic E-state index is 0.0275. The first kappa shape index (κ1) is 13.0. The summed E-state index contributed by atoms with van der Waals surface area (Å²) in [7, 11) is -2.90. The first-order valence-corrected chi connectivity index (χ1v) is 7.69. The molecule has 2 heterocycles. The van der Waals surface area contributed by atoms with Crippen molar-refractivity contribution in [2.45, 2.75) is 19.3 Å². The summed E-state index contributed by atoms with van der Waals surface area (Å²) >= 11 is 0. The lowest BCUT2D eigenvalue weighted by atomic mass is 10.1. The molecule has 1 fully saturated rings. The van der Waals surface area contributed by atoms with Crippen molar-refractivity contribution in [3.05, 3.63) is 12.2 Å². The van der Waals surface area contributed by atoms with E-state index >= 15 is 0 Å². The van der Waals surface area contributed by atoms with E-state index in [1.54, 1.807) is 0 Å². The van der Waals surface area contributed by atoms with Crippen LogP contribution in [0.25, 0.3) is 0 Å². The summed E-state index contributed by atoms with van der Waals surface area (Å²) in [5, 5.41) is 9.16. The number of aromatic nitrogens is 3. The lowest BCUT2D eigenvalue weighted by Gasteiger charge is -2.07. The normalized spacial score (nSPS) is 21.9. The average Bonchev–Trinajstić information content (AvgIpc) is 2.88. The minimum Gasteiger partial charge on any atom is -0.356 e. The molecule has 1 unspecified atom stereocenters. The van der Waals surface area contributed by atoms with Gasteiger partial charge >= 0.3 is 0 Å². The number of H-pyrrole nitrogens is 1. The number of aromatic amines is 1. The van der Waals surface area contributed by atoms with Gasteiger partial charge in [-0.25, -0.2) is 13.4 Å². The van der Waals surface area contributed by atoms with Gasteiger partial charge in [-0.05, 0) is 12.3 Å². The number of nitrogens with zero attached hydrogens (tertiary/aromatic N) is 2. The zero-order valence-electron chi connectivity index (χ0n) is 9.92. The third kappa shape index (κ3) is 3.80. The van der Waals surface area contributed by atoms with Gasteiger partial charge in [0.2, 0.25) is 5.91 Å². The monoisotopic (exact) mass is 272 g/mol. The summed E-state index contributed by atoms with van der Waals surface area (Å²) < 4.78 is 22.5. The van der Waals surface area contributed by atoms with Crippen LogP contribution in [0, 0.1) is 5.92 Å². The summed E-state index contributed by atoms with van der Waals surface area (Å²) in [6, 6.07) is 0. The van der Waals surface area contributed by atoms with Gasteiger partial charge in [-0.3, -0.25) is 9.89 Å². The molecule has 1 aromatic heterocycles. The number of hydrogen-bond donors (Lipinski definition) is 2. The van der Waals surface area contributed by atoms with Gasteiger partial charge in [0.25, 0.3) is 0 Å². The molecule has 1 atom stereocenters. The molecular formula is C10H16N4O3S. The first-order chi connectivity index (χ1) is 8.55. The fourth-order valence-corrected chi connectivity index (χ4v) is 3.90. The quantitative estimate of drug-likeness (QED) is 0.736. The van der Waals surface area contributed by atoms with Crippen LogP contribution in [-0.2, 0) is 21.1 Å². The van der Waals surface area contributed by atoms with Crippen molar-refractivity contribution >= 4 is 15.7 Å². The van der Waals surface area contributed by atoms with Crippen molar-refractivity contribution in [3.63, 3.8) is 0 Å². The largest absolute Gasteiger partial charge is 0.356 e. The Balaban J connectivity index is 1.67. The van der Waals surface area contributed by atoms with E-state index in [9.17, 15) is 13.2 Å². The molecule has 7 nitrogen and oxygen atoms in total. The zero-order chi connectivity index (χ0) is 13.0. The Hall–Kier alpha value is -1.44. The van der Waals surface area contributed by atoms with Crippen LogP contribution in [0.3, 0.4) is 0 Å². The van der Waals surface area contributed by atoms with E-state index in [1.165, 1.54) is 6.33 Å². The van der Waals surface area contributed by atoms with Crippen LogP contribution >= 0.6 is 0 Å². The molecule has 1 amide bonds. The van der Waals surface area contributed by atoms with Crippen LogP contribution in [0.2, 0.25) is 0 Å². The van der Waals surface area contributed by atoms with E-state index in [0.717, 1.165) is 5.82 Å². The highest BCUT2D eigenvalue weighted by Crippen LogP contribution is 2.21. The van der Waals surface area contributed by atoms with Gasteiger partial charge < -0.3 is 5.32 Å². The Kier molecular flexibility index (Phi) is 3.95. The Morgan fingerprint density at radius 3 is 3.00 bits per heavy atom. The number of carbonyl (C=O) groups is 1. The van der Waals surface area contributed by atoms with Gasteiger partial charge in [0.15, 0.2) is 9.84 Å². The molecule has 1 aromatic rings. The summed E-state index contributed by atoms with van der Waals surface area (Å²) in [6.45, 7) is 0.480. The molecule has 8 heteroatoms. The Labute approximate surface area is 105 Å². The molecule has 1 aliphatic heterocycles. The van der Waals surface area contributed by atoms with Crippen molar-refractivity contribution in [1.82, 2.24) is 20.5 Å². The number of carbonyl (C=O) groups excluding carboxylic acids is 1. The van der Waals surface area contributed by atoms with E-state index < -0.39 is 9.84 Å². The molecule has 2 N–H and O–H groups in total. The topological polar surface area (TPSA) is 105 Å². The summed E-state index contributed by atoms with van der Waals surface area (Å²) in [4.78, 5) is 15.5. The van der Waals surface area contributed by atoms with Gasteiger partial charge in [-0.15, -0.1) is 0 Å². The molecule has 0 spiro atoms. The Morgan fingerprint density at radius 2 is 2.39 bits per heavy atom. The highest BCUT2D eigenvalue weighted by Gasteiger charge is 2.29. The predicted octanol–water partition coefficient (Wildman–Crippen LogP) is -0.712. The predicted molar refractivity (Wildman–Crippen MR) is 64.5 cm³/mol. The average molecular weight is 272 g/mol. The van der Waals surface area contributed by atoms with E-state index in [4.69, 9.17) is 0 Å². The smallest absolute Gasteiger partial charge is 0.220 e. The zero-order valence-corrected chi connectivity index (χ0v) is 10.7. The van der Waals surface area contributed by atoms with Gasteiger partial charge in [0, 0.05) is 19.4 Å². The van der Waals surface area contributed by atoms with Gasteiger partial charge in [0.05, 0.1) is 11.5 Å². The summed E-state index contributed by atoms with van der Waals surface area (Å²) in [5.74, 6) is 0.946. The number of nitrogens with one attached hydrogen (secondary N) is 2. The molecule has 18 heavy (non-hydrogen) atoms. The molecule has 0 aromatic carbocycles. The van der Waals surface area contributed by atoms with E-state index in [2.05, 4.69) is 20.5 Å².